The van der Waals surface area contributed by atoms with E-state index in [0.29, 0.717) is 26.2 Å². The number of nitrogen functional groups attached to an aromatic ring is 1. The molecule has 0 aliphatic carbocycles. The summed E-state index contributed by atoms with van der Waals surface area (Å²) >= 11 is 1.44. The fraction of sp³-hybridized carbons (Fsp3) is 0.562. The van der Waals surface area contributed by atoms with Gasteiger partial charge in [0.2, 0.25) is 5.95 Å². The van der Waals surface area contributed by atoms with E-state index >= 15 is 0 Å². The number of nitrogens with zero attached hydrogens (tertiary/aromatic N) is 4. The minimum atomic E-state index is -0.506. The van der Waals surface area contributed by atoms with Crippen LogP contribution in [0.3, 0.4) is 0 Å². The van der Waals surface area contributed by atoms with Crippen LogP contribution in [0.15, 0.2) is 5.38 Å². The van der Waals surface area contributed by atoms with E-state index in [1.807, 2.05) is 26.2 Å². The number of carbonyl (C=O) groups excluding carboxylic acids is 1. The number of aliphatic hydroxyl groups excluding tert-OH is 1. The van der Waals surface area contributed by atoms with Crippen molar-refractivity contribution >= 4 is 39.4 Å². The van der Waals surface area contributed by atoms with Crippen LogP contribution in [0, 0.1) is 0 Å². The lowest BCUT2D eigenvalue weighted by Gasteiger charge is -2.36. The molecule has 0 spiro atoms. The summed E-state index contributed by atoms with van der Waals surface area (Å²) in [6.45, 7) is 7.81. The number of fused-ring (bicyclic) bond motifs is 1. The number of carbonyl (C=O) groups is 1. The Morgan fingerprint density at radius 2 is 2.00 bits per heavy atom. The molecule has 8 nitrogen and oxygen atoms in total. The van der Waals surface area contributed by atoms with Gasteiger partial charge in [-0.25, -0.2) is 9.78 Å². The summed E-state index contributed by atoms with van der Waals surface area (Å²) in [4.78, 5) is 25.4. The van der Waals surface area contributed by atoms with E-state index in [2.05, 4.69) is 14.9 Å². The molecule has 3 N–H and O–H groups in total. The predicted molar refractivity (Wildman–Crippen MR) is 97.8 cm³/mol. The normalized spacial score (nSPS) is 15.7. The molecule has 136 valence electrons. The van der Waals surface area contributed by atoms with Crippen molar-refractivity contribution in [2.75, 3.05) is 36.8 Å². The Morgan fingerprint density at radius 3 is 2.60 bits per heavy atom. The molecule has 0 aromatic carbocycles. The molecule has 1 amide bonds. The number of rotatable bonds is 2. The zero-order valence-electron chi connectivity index (χ0n) is 14.7. The van der Waals surface area contributed by atoms with Crippen LogP contribution < -0.4 is 10.6 Å². The highest BCUT2D eigenvalue weighted by Gasteiger charge is 2.28. The molecular formula is C16H23N5O3S. The van der Waals surface area contributed by atoms with Crippen molar-refractivity contribution in [2.45, 2.75) is 33.0 Å². The van der Waals surface area contributed by atoms with Crippen molar-refractivity contribution in [3.05, 3.63) is 10.9 Å². The van der Waals surface area contributed by atoms with E-state index in [9.17, 15) is 9.90 Å². The number of aliphatic hydroxyl groups is 1. The van der Waals surface area contributed by atoms with Crippen LogP contribution in [-0.2, 0) is 11.3 Å². The molecule has 0 bridgehead atoms. The van der Waals surface area contributed by atoms with Gasteiger partial charge < -0.3 is 25.4 Å². The Labute approximate surface area is 150 Å². The average molecular weight is 365 g/mol. The second-order valence-corrected chi connectivity index (χ2v) is 7.82. The zero-order valence-corrected chi connectivity index (χ0v) is 15.5. The van der Waals surface area contributed by atoms with Crippen LogP contribution in [0.1, 0.15) is 26.3 Å². The maximum absolute atomic E-state index is 12.2. The van der Waals surface area contributed by atoms with Crippen LogP contribution in [0.5, 0.6) is 0 Å². The summed E-state index contributed by atoms with van der Waals surface area (Å²) in [5.41, 5.74) is 6.13. The Balaban J connectivity index is 1.78. The van der Waals surface area contributed by atoms with E-state index in [1.165, 1.54) is 11.3 Å². The van der Waals surface area contributed by atoms with Crippen molar-refractivity contribution in [1.82, 2.24) is 14.9 Å². The SMILES string of the molecule is CC(C)(C)OC(=O)N1CCN(c2nc(N)nc3scc(CO)c23)CC1. The summed E-state index contributed by atoms with van der Waals surface area (Å²) in [7, 11) is 0. The third-order valence-corrected chi connectivity index (χ3v) is 4.83. The molecule has 9 heteroatoms. The molecule has 1 aliphatic heterocycles. The largest absolute Gasteiger partial charge is 0.444 e. The Morgan fingerprint density at radius 1 is 1.32 bits per heavy atom. The second kappa shape index (κ2) is 6.64. The highest BCUT2D eigenvalue weighted by molar-refractivity contribution is 7.17. The van der Waals surface area contributed by atoms with Gasteiger partial charge in [0.25, 0.3) is 0 Å². The van der Waals surface area contributed by atoms with E-state index in [4.69, 9.17) is 10.5 Å². The molecule has 0 unspecified atom stereocenters. The number of piperazine rings is 1. The summed E-state index contributed by atoms with van der Waals surface area (Å²) in [6.07, 6.45) is -0.300. The number of anilines is 2. The summed E-state index contributed by atoms with van der Waals surface area (Å²) in [5.74, 6) is 0.931. The van der Waals surface area contributed by atoms with Crippen LogP contribution in [-0.4, -0.2) is 57.8 Å². The standard InChI is InChI=1S/C16H23N5O3S/c1-16(2,3)24-15(23)21-6-4-20(5-7-21)12-11-10(8-22)9-25-13(11)19-14(17)18-12/h9,22H,4-8H2,1-3H3,(H2,17,18,19). The van der Waals surface area contributed by atoms with Crippen molar-refractivity contribution in [3.8, 4) is 0 Å². The number of hydrogen-bond acceptors (Lipinski definition) is 8. The molecule has 1 aliphatic rings. The third-order valence-electron chi connectivity index (χ3n) is 3.91. The summed E-state index contributed by atoms with van der Waals surface area (Å²) in [5, 5.41) is 12.3. The van der Waals surface area contributed by atoms with Gasteiger partial charge in [-0.1, -0.05) is 0 Å². The summed E-state index contributed by atoms with van der Waals surface area (Å²) < 4.78 is 5.42. The number of nitrogens with two attached hydrogens (primary N) is 1. The zero-order chi connectivity index (χ0) is 18.2. The van der Waals surface area contributed by atoms with Crippen molar-refractivity contribution < 1.29 is 14.6 Å². The minimum absolute atomic E-state index is 0.0713. The molecule has 1 fully saturated rings. The summed E-state index contributed by atoms with van der Waals surface area (Å²) in [6, 6.07) is 0. The van der Waals surface area contributed by atoms with Crippen LogP contribution >= 0.6 is 11.3 Å². The molecule has 0 atom stereocenters. The lowest BCUT2D eigenvalue weighted by Crippen LogP contribution is -2.50. The number of ether oxygens (including phenoxy) is 1. The van der Waals surface area contributed by atoms with E-state index in [1.54, 1.807) is 4.90 Å². The second-order valence-electron chi connectivity index (χ2n) is 6.96. The van der Waals surface area contributed by atoms with Gasteiger partial charge in [-0.2, -0.15) is 4.98 Å². The van der Waals surface area contributed by atoms with Gasteiger partial charge in [-0.05, 0) is 26.2 Å². The highest BCUT2D eigenvalue weighted by Crippen LogP contribution is 2.33. The molecule has 3 rings (SSSR count). The molecule has 1 saturated heterocycles. The predicted octanol–water partition coefficient (Wildman–Crippen LogP) is 1.82. The number of amides is 1. The van der Waals surface area contributed by atoms with E-state index < -0.39 is 5.60 Å². The molecule has 2 aromatic heterocycles. The Kier molecular flexibility index (Phi) is 4.70. The van der Waals surface area contributed by atoms with Crippen molar-refractivity contribution in [2.24, 2.45) is 0 Å². The topological polar surface area (TPSA) is 105 Å². The van der Waals surface area contributed by atoms with Gasteiger partial charge in [0, 0.05) is 31.7 Å². The van der Waals surface area contributed by atoms with Gasteiger partial charge in [0.15, 0.2) is 0 Å². The quantitative estimate of drug-likeness (QED) is 0.836. The van der Waals surface area contributed by atoms with Gasteiger partial charge in [-0.3, -0.25) is 0 Å². The van der Waals surface area contributed by atoms with E-state index in [0.717, 1.165) is 21.6 Å². The molecule has 25 heavy (non-hydrogen) atoms. The molecule has 3 heterocycles. The first kappa shape index (κ1) is 17.7. The molecular weight excluding hydrogens is 342 g/mol. The highest BCUT2D eigenvalue weighted by atomic mass is 32.1. The van der Waals surface area contributed by atoms with Crippen LogP contribution in [0.2, 0.25) is 0 Å². The first-order chi connectivity index (χ1) is 11.8. The lowest BCUT2D eigenvalue weighted by atomic mass is 10.2. The molecule has 0 saturated carbocycles. The number of thiophene rings is 1. The fourth-order valence-electron chi connectivity index (χ4n) is 2.77. The third kappa shape index (κ3) is 3.77. The lowest BCUT2D eigenvalue weighted by molar-refractivity contribution is 0.0240. The fourth-order valence-corrected chi connectivity index (χ4v) is 3.70. The van der Waals surface area contributed by atoms with Crippen LogP contribution in [0.4, 0.5) is 16.6 Å². The first-order valence-corrected chi connectivity index (χ1v) is 9.04. The van der Waals surface area contributed by atoms with Gasteiger partial charge >= 0.3 is 6.09 Å². The first-order valence-electron chi connectivity index (χ1n) is 8.16. The number of hydrogen-bond donors (Lipinski definition) is 2. The van der Waals surface area contributed by atoms with Crippen LogP contribution in [0.25, 0.3) is 10.2 Å². The van der Waals surface area contributed by atoms with Gasteiger partial charge in [0.05, 0.1) is 12.0 Å². The van der Waals surface area contributed by atoms with E-state index in [-0.39, 0.29) is 18.6 Å². The maximum Gasteiger partial charge on any atom is 0.410 e. The van der Waals surface area contributed by atoms with Gasteiger partial charge in [-0.15, -0.1) is 11.3 Å². The van der Waals surface area contributed by atoms with Crippen molar-refractivity contribution in [3.63, 3.8) is 0 Å². The molecule has 0 radical (unpaired) electrons. The van der Waals surface area contributed by atoms with Crippen molar-refractivity contribution in [1.29, 1.82) is 0 Å². The average Bonchev–Trinajstić information content (AvgIpc) is 2.95. The van der Waals surface area contributed by atoms with Gasteiger partial charge in [0.1, 0.15) is 16.2 Å². The Bertz CT molecular complexity index is 778. The maximum atomic E-state index is 12.2. The smallest absolute Gasteiger partial charge is 0.410 e. The minimum Gasteiger partial charge on any atom is -0.444 e. The number of aromatic nitrogens is 2. The Hall–Kier alpha value is -2.13. The molecule has 2 aromatic rings. The monoisotopic (exact) mass is 365 g/mol.